The van der Waals surface area contributed by atoms with E-state index in [0.29, 0.717) is 12.1 Å². The smallest absolute Gasteiger partial charge is 0.338 e. The van der Waals surface area contributed by atoms with E-state index in [1.165, 1.54) is 12.7 Å². The van der Waals surface area contributed by atoms with E-state index in [0.717, 1.165) is 16.6 Å². The highest BCUT2D eigenvalue weighted by Crippen LogP contribution is 2.19. The molecule has 0 unspecified atom stereocenters. The zero-order valence-electron chi connectivity index (χ0n) is 12.2. The molecule has 0 heterocycles. The number of carbonyl (C=O) groups is 1. The number of hydrogen-bond acceptors (Lipinski definition) is 3. The summed E-state index contributed by atoms with van der Waals surface area (Å²) in [5, 5.41) is 0. The SMILES string of the molecule is COC(=O)c1ccc(Br)cc1CN(C)Cc1ccccc1. The van der Waals surface area contributed by atoms with E-state index >= 15 is 0 Å². The van der Waals surface area contributed by atoms with Gasteiger partial charge in [0.05, 0.1) is 12.7 Å². The van der Waals surface area contributed by atoms with Crippen molar-refractivity contribution in [2.75, 3.05) is 14.2 Å². The van der Waals surface area contributed by atoms with E-state index in [2.05, 4.69) is 33.0 Å². The maximum absolute atomic E-state index is 11.8. The molecule has 0 bridgehead atoms. The summed E-state index contributed by atoms with van der Waals surface area (Å²) >= 11 is 3.45. The van der Waals surface area contributed by atoms with Crippen LogP contribution in [0.25, 0.3) is 0 Å². The second-order valence-electron chi connectivity index (χ2n) is 4.95. The fourth-order valence-corrected chi connectivity index (χ4v) is 2.65. The highest BCUT2D eigenvalue weighted by Gasteiger charge is 2.13. The maximum atomic E-state index is 11.8. The van der Waals surface area contributed by atoms with E-state index < -0.39 is 0 Å². The van der Waals surface area contributed by atoms with Crippen molar-refractivity contribution in [3.63, 3.8) is 0 Å². The average Bonchev–Trinajstić information content (AvgIpc) is 2.47. The summed E-state index contributed by atoms with van der Waals surface area (Å²) in [6.07, 6.45) is 0. The van der Waals surface area contributed by atoms with Gasteiger partial charge >= 0.3 is 5.97 Å². The van der Waals surface area contributed by atoms with Gasteiger partial charge in [-0.2, -0.15) is 0 Å². The third kappa shape index (κ3) is 4.41. The number of benzene rings is 2. The van der Waals surface area contributed by atoms with Crippen molar-refractivity contribution in [1.29, 1.82) is 0 Å². The van der Waals surface area contributed by atoms with E-state index in [1.54, 1.807) is 6.07 Å². The highest BCUT2D eigenvalue weighted by molar-refractivity contribution is 9.10. The molecule has 0 aliphatic carbocycles. The van der Waals surface area contributed by atoms with Crippen LogP contribution in [0.3, 0.4) is 0 Å². The van der Waals surface area contributed by atoms with Gasteiger partial charge in [0.15, 0.2) is 0 Å². The summed E-state index contributed by atoms with van der Waals surface area (Å²) in [6.45, 7) is 1.51. The molecule has 0 aliphatic rings. The second-order valence-corrected chi connectivity index (χ2v) is 5.87. The first-order chi connectivity index (χ1) is 10.1. The highest BCUT2D eigenvalue weighted by atomic mass is 79.9. The summed E-state index contributed by atoms with van der Waals surface area (Å²) in [5.41, 5.74) is 2.81. The molecule has 110 valence electrons. The quantitative estimate of drug-likeness (QED) is 0.769. The van der Waals surface area contributed by atoms with Crippen molar-refractivity contribution < 1.29 is 9.53 Å². The minimum atomic E-state index is -0.300. The van der Waals surface area contributed by atoms with Crippen molar-refractivity contribution in [1.82, 2.24) is 4.90 Å². The molecule has 0 N–H and O–H groups in total. The van der Waals surface area contributed by atoms with Gasteiger partial charge in [0.25, 0.3) is 0 Å². The monoisotopic (exact) mass is 347 g/mol. The van der Waals surface area contributed by atoms with Crippen molar-refractivity contribution >= 4 is 21.9 Å². The molecule has 4 heteroatoms. The fraction of sp³-hybridized carbons (Fsp3) is 0.235. The molecule has 2 aromatic rings. The summed E-state index contributed by atoms with van der Waals surface area (Å²) in [7, 11) is 3.44. The lowest BCUT2D eigenvalue weighted by molar-refractivity contribution is 0.0598. The molecule has 0 radical (unpaired) electrons. The van der Waals surface area contributed by atoms with Crippen LogP contribution in [0.1, 0.15) is 21.5 Å². The number of hydrogen-bond donors (Lipinski definition) is 0. The van der Waals surface area contributed by atoms with Crippen LogP contribution in [0, 0.1) is 0 Å². The molecule has 0 atom stereocenters. The van der Waals surface area contributed by atoms with Gasteiger partial charge in [0, 0.05) is 17.6 Å². The van der Waals surface area contributed by atoms with Crippen LogP contribution in [0.5, 0.6) is 0 Å². The molecular weight excluding hydrogens is 330 g/mol. The van der Waals surface area contributed by atoms with E-state index in [1.807, 2.05) is 37.4 Å². The Morgan fingerprint density at radius 1 is 1.14 bits per heavy atom. The lowest BCUT2D eigenvalue weighted by Crippen LogP contribution is -2.19. The predicted octanol–water partition coefficient (Wildman–Crippen LogP) is 3.87. The summed E-state index contributed by atoms with van der Waals surface area (Å²) in [4.78, 5) is 14.0. The molecule has 2 rings (SSSR count). The minimum Gasteiger partial charge on any atom is -0.465 e. The second kappa shape index (κ2) is 7.38. The maximum Gasteiger partial charge on any atom is 0.338 e. The summed E-state index contributed by atoms with van der Waals surface area (Å²) in [6, 6.07) is 15.9. The lowest BCUT2D eigenvalue weighted by atomic mass is 10.1. The molecule has 0 amide bonds. The molecule has 0 saturated heterocycles. The van der Waals surface area contributed by atoms with Crippen LogP contribution in [-0.2, 0) is 17.8 Å². The molecule has 0 aromatic heterocycles. The molecule has 0 saturated carbocycles. The number of rotatable bonds is 5. The number of nitrogens with zero attached hydrogens (tertiary/aromatic N) is 1. The van der Waals surface area contributed by atoms with Gasteiger partial charge in [-0.05, 0) is 36.4 Å². The largest absolute Gasteiger partial charge is 0.465 e. The molecule has 2 aromatic carbocycles. The van der Waals surface area contributed by atoms with Crippen LogP contribution < -0.4 is 0 Å². The molecule has 0 aliphatic heterocycles. The van der Waals surface area contributed by atoms with Gasteiger partial charge in [-0.15, -0.1) is 0 Å². The molecule has 0 spiro atoms. The molecule has 21 heavy (non-hydrogen) atoms. The summed E-state index contributed by atoms with van der Waals surface area (Å²) in [5.74, 6) is -0.300. The average molecular weight is 348 g/mol. The van der Waals surface area contributed by atoms with Gasteiger partial charge in [-0.3, -0.25) is 4.90 Å². The van der Waals surface area contributed by atoms with Gasteiger partial charge in [-0.1, -0.05) is 46.3 Å². The topological polar surface area (TPSA) is 29.5 Å². The van der Waals surface area contributed by atoms with E-state index in [4.69, 9.17) is 4.74 Å². The van der Waals surface area contributed by atoms with Crippen LogP contribution in [0.15, 0.2) is 53.0 Å². The number of halogens is 1. The third-order valence-electron chi connectivity index (χ3n) is 3.21. The number of ether oxygens (including phenoxy) is 1. The van der Waals surface area contributed by atoms with E-state index in [-0.39, 0.29) is 5.97 Å². The zero-order valence-corrected chi connectivity index (χ0v) is 13.8. The standard InChI is InChI=1S/C17H18BrNO2/c1-19(11-13-6-4-3-5-7-13)12-14-10-15(18)8-9-16(14)17(20)21-2/h3-10H,11-12H2,1-2H3. The fourth-order valence-electron chi connectivity index (χ4n) is 2.24. The zero-order chi connectivity index (χ0) is 15.2. The van der Waals surface area contributed by atoms with Crippen molar-refractivity contribution in [2.45, 2.75) is 13.1 Å². The van der Waals surface area contributed by atoms with Crippen LogP contribution >= 0.6 is 15.9 Å². The first kappa shape index (κ1) is 15.7. The third-order valence-corrected chi connectivity index (χ3v) is 3.70. The van der Waals surface area contributed by atoms with Crippen molar-refractivity contribution in [3.8, 4) is 0 Å². The van der Waals surface area contributed by atoms with E-state index in [9.17, 15) is 4.79 Å². The Kier molecular flexibility index (Phi) is 5.53. The Bertz CT molecular complexity index is 613. The Labute approximate surface area is 133 Å². The van der Waals surface area contributed by atoms with Crippen molar-refractivity contribution in [2.24, 2.45) is 0 Å². The predicted molar refractivity (Wildman–Crippen MR) is 87.1 cm³/mol. The summed E-state index contributed by atoms with van der Waals surface area (Å²) < 4.78 is 5.80. The molecular formula is C17H18BrNO2. The normalized spacial score (nSPS) is 10.7. The van der Waals surface area contributed by atoms with Gasteiger partial charge in [0.1, 0.15) is 0 Å². The minimum absolute atomic E-state index is 0.300. The lowest BCUT2D eigenvalue weighted by Gasteiger charge is -2.18. The number of esters is 1. The van der Waals surface area contributed by atoms with Gasteiger partial charge in [0.2, 0.25) is 0 Å². The number of methoxy groups -OCH3 is 1. The van der Waals surface area contributed by atoms with Crippen molar-refractivity contribution in [3.05, 3.63) is 69.7 Å². The Morgan fingerprint density at radius 2 is 1.86 bits per heavy atom. The Balaban J connectivity index is 2.14. The number of carbonyl (C=O) groups excluding carboxylic acids is 1. The van der Waals surface area contributed by atoms with Crippen LogP contribution in [-0.4, -0.2) is 25.0 Å². The first-order valence-electron chi connectivity index (χ1n) is 6.69. The molecule has 0 fully saturated rings. The molecule has 3 nitrogen and oxygen atoms in total. The van der Waals surface area contributed by atoms with Gasteiger partial charge in [-0.25, -0.2) is 4.79 Å². The Hall–Kier alpha value is -1.65. The first-order valence-corrected chi connectivity index (χ1v) is 7.48. The van der Waals surface area contributed by atoms with Crippen LogP contribution in [0.2, 0.25) is 0 Å². The van der Waals surface area contributed by atoms with Crippen LogP contribution in [0.4, 0.5) is 0 Å². The van der Waals surface area contributed by atoms with Gasteiger partial charge < -0.3 is 4.74 Å². The Morgan fingerprint density at radius 3 is 2.52 bits per heavy atom.